The van der Waals surface area contributed by atoms with Gasteiger partial charge in [-0.05, 0) is 40.8 Å². The lowest BCUT2D eigenvalue weighted by atomic mass is 10.2. The molecule has 94 valence electrons. The van der Waals surface area contributed by atoms with Gasteiger partial charge in [-0.25, -0.2) is 9.78 Å². The Balaban J connectivity index is 2.08. The summed E-state index contributed by atoms with van der Waals surface area (Å²) in [7, 11) is 0. The van der Waals surface area contributed by atoms with Crippen LogP contribution >= 0.6 is 45.5 Å². The normalized spacial score (nSPS) is 10.3. The molecule has 1 heterocycles. The van der Waals surface area contributed by atoms with Crippen molar-refractivity contribution in [3.05, 3.63) is 42.9 Å². The van der Waals surface area contributed by atoms with Gasteiger partial charge in [-0.15, -0.1) is 11.3 Å². The second-order valence-electron chi connectivity index (χ2n) is 3.43. The molecule has 0 spiro atoms. The van der Waals surface area contributed by atoms with E-state index in [9.17, 15) is 4.79 Å². The standard InChI is InChI=1S/C11H8ClIN2O2S/c12-11-15-5-7(18-11)4-14-9-2-1-6(10(16)17)3-8(9)13/h1-3,5,14H,4H2,(H,16,17). The lowest BCUT2D eigenvalue weighted by Gasteiger charge is -2.07. The average Bonchev–Trinajstić information content (AvgIpc) is 2.73. The number of rotatable bonds is 4. The summed E-state index contributed by atoms with van der Waals surface area (Å²) in [4.78, 5) is 15.8. The summed E-state index contributed by atoms with van der Waals surface area (Å²) in [5, 5.41) is 12.1. The van der Waals surface area contributed by atoms with Crippen LogP contribution in [0.25, 0.3) is 0 Å². The zero-order chi connectivity index (χ0) is 13.1. The van der Waals surface area contributed by atoms with Gasteiger partial charge in [0.2, 0.25) is 0 Å². The third-order valence-electron chi connectivity index (χ3n) is 2.19. The Labute approximate surface area is 126 Å². The second-order valence-corrected chi connectivity index (χ2v) is 6.29. The number of nitrogens with zero attached hydrogens (tertiary/aromatic N) is 1. The molecule has 4 nitrogen and oxygen atoms in total. The lowest BCUT2D eigenvalue weighted by molar-refractivity contribution is 0.0697. The van der Waals surface area contributed by atoms with Crippen LogP contribution in [-0.4, -0.2) is 16.1 Å². The first-order valence-electron chi connectivity index (χ1n) is 4.93. The Morgan fingerprint density at radius 2 is 2.33 bits per heavy atom. The first-order chi connectivity index (χ1) is 8.56. The maximum absolute atomic E-state index is 10.8. The van der Waals surface area contributed by atoms with E-state index in [0.717, 1.165) is 14.1 Å². The molecule has 7 heteroatoms. The van der Waals surface area contributed by atoms with Crippen LogP contribution in [0.1, 0.15) is 15.2 Å². The van der Waals surface area contributed by atoms with Gasteiger partial charge < -0.3 is 10.4 Å². The van der Waals surface area contributed by atoms with E-state index >= 15 is 0 Å². The number of carbonyl (C=O) groups is 1. The molecule has 0 unspecified atom stereocenters. The van der Waals surface area contributed by atoms with Crippen molar-refractivity contribution in [3.63, 3.8) is 0 Å². The van der Waals surface area contributed by atoms with Crippen LogP contribution in [0.15, 0.2) is 24.4 Å². The Bertz CT molecular complexity index is 588. The highest BCUT2D eigenvalue weighted by Gasteiger charge is 2.07. The number of hydrogen-bond acceptors (Lipinski definition) is 4. The number of aromatic carboxylic acids is 1. The van der Waals surface area contributed by atoms with Gasteiger partial charge in [-0.1, -0.05) is 11.6 Å². The fourth-order valence-corrected chi connectivity index (χ4v) is 2.96. The van der Waals surface area contributed by atoms with E-state index in [1.54, 1.807) is 24.4 Å². The summed E-state index contributed by atoms with van der Waals surface area (Å²) in [6, 6.07) is 4.96. The third-order valence-corrected chi connectivity index (χ3v) is 4.20. The molecule has 0 atom stereocenters. The van der Waals surface area contributed by atoms with E-state index in [1.165, 1.54) is 11.3 Å². The highest BCUT2D eigenvalue weighted by atomic mass is 127. The quantitative estimate of drug-likeness (QED) is 0.776. The van der Waals surface area contributed by atoms with Crippen LogP contribution in [0.3, 0.4) is 0 Å². The molecule has 0 bridgehead atoms. The average molecular weight is 395 g/mol. The molecule has 0 aliphatic heterocycles. The van der Waals surface area contributed by atoms with Gasteiger partial charge in [-0.2, -0.15) is 0 Å². The Hall–Kier alpha value is -0.860. The van der Waals surface area contributed by atoms with Crippen LogP contribution in [0.5, 0.6) is 0 Å². The number of anilines is 1. The zero-order valence-electron chi connectivity index (χ0n) is 8.98. The Morgan fingerprint density at radius 1 is 1.56 bits per heavy atom. The number of nitrogens with one attached hydrogen (secondary N) is 1. The van der Waals surface area contributed by atoms with Crippen molar-refractivity contribution in [2.24, 2.45) is 0 Å². The maximum atomic E-state index is 10.8. The summed E-state index contributed by atoms with van der Waals surface area (Å²) in [6.45, 7) is 0.618. The minimum absolute atomic E-state index is 0.283. The molecule has 1 aromatic carbocycles. The second kappa shape index (κ2) is 5.85. The number of carboxylic acids is 1. The number of carboxylic acid groups (broad SMARTS) is 1. The topological polar surface area (TPSA) is 62.2 Å². The molecule has 0 amide bonds. The van der Waals surface area contributed by atoms with Crippen LogP contribution in [-0.2, 0) is 6.54 Å². The van der Waals surface area contributed by atoms with E-state index in [2.05, 4.69) is 32.9 Å². The molecule has 0 saturated heterocycles. The molecule has 2 rings (SSSR count). The first kappa shape index (κ1) is 13.6. The molecule has 0 aliphatic carbocycles. The van der Waals surface area contributed by atoms with Crippen molar-refractivity contribution in [2.45, 2.75) is 6.54 Å². The Morgan fingerprint density at radius 3 is 2.89 bits per heavy atom. The van der Waals surface area contributed by atoms with Crippen molar-refractivity contribution in [2.75, 3.05) is 5.32 Å². The van der Waals surface area contributed by atoms with E-state index in [0.29, 0.717) is 11.0 Å². The molecule has 0 fully saturated rings. The predicted molar refractivity (Wildman–Crippen MR) is 80.6 cm³/mol. The third kappa shape index (κ3) is 3.33. The van der Waals surface area contributed by atoms with Crippen molar-refractivity contribution in [1.29, 1.82) is 0 Å². The van der Waals surface area contributed by atoms with E-state index in [-0.39, 0.29) is 5.56 Å². The summed E-state index contributed by atoms with van der Waals surface area (Å²) < 4.78 is 1.38. The number of thiazole rings is 1. The van der Waals surface area contributed by atoms with E-state index in [1.807, 2.05) is 0 Å². The monoisotopic (exact) mass is 394 g/mol. The predicted octanol–water partition coefficient (Wildman–Crippen LogP) is 3.71. The molecule has 2 N–H and O–H groups in total. The molecule has 2 aromatic rings. The van der Waals surface area contributed by atoms with Crippen LogP contribution in [0.2, 0.25) is 4.47 Å². The summed E-state index contributed by atoms with van der Waals surface area (Å²) in [5.41, 5.74) is 1.18. The summed E-state index contributed by atoms with van der Waals surface area (Å²) in [5.74, 6) is -0.922. The largest absolute Gasteiger partial charge is 0.478 e. The van der Waals surface area contributed by atoms with Gasteiger partial charge in [0, 0.05) is 20.3 Å². The lowest BCUT2D eigenvalue weighted by Crippen LogP contribution is -2.02. The minimum atomic E-state index is -0.922. The van der Waals surface area contributed by atoms with Crippen molar-refractivity contribution >= 4 is 57.2 Å². The molecule has 1 aromatic heterocycles. The Kier molecular flexibility index (Phi) is 4.41. The number of benzene rings is 1. The zero-order valence-corrected chi connectivity index (χ0v) is 12.7. The first-order valence-corrected chi connectivity index (χ1v) is 7.20. The molecule has 0 radical (unpaired) electrons. The fourth-order valence-electron chi connectivity index (χ4n) is 1.34. The number of aromatic nitrogens is 1. The summed E-state index contributed by atoms with van der Waals surface area (Å²) >= 11 is 9.26. The number of halogens is 2. The molecular formula is C11H8ClIN2O2S. The van der Waals surface area contributed by atoms with Crippen LogP contribution in [0.4, 0.5) is 5.69 Å². The summed E-state index contributed by atoms with van der Waals surface area (Å²) in [6.07, 6.45) is 1.72. The van der Waals surface area contributed by atoms with Gasteiger partial charge in [-0.3, -0.25) is 0 Å². The highest BCUT2D eigenvalue weighted by molar-refractivity contribution is 14.1. The smallest absolute Gasteiger partial charge is 0.335 e. The van der Waals surface area contributed by atoms with Crippen molar-refractivity contribution in [3.8, 4) is 0 Å². The van der Waals surface area contributed by atoms with Crippen LogP contribution < -0.4 is 5.32 Å². The SMILES string of the molecule is O=C(O)c1ccc(NCc2cnc(Cl)s2)c(I)c1. The molecule has 18 heavy (non-hydrogen) atoms. The highest BCUT2D eigenvalue weighted by Crippen LogP contribution is 2.23. The van der Waals surface area contributed by atoms with Gasteiger partial charge in [0.25, 0.3) is 0 Å². The minimum Gasteiger partial charge on any atom is -0.478 e. The molecular weight excluding hydrogens is 387 g/mol. The van der Waals surface area contributed by atoms with Gasteiger partial charge >= 0.3 is 5.97 Å². The van der Waals surface area contributed by atoms with E-state index in [4.69, 9.17) is 16.7 Å². The van der Waals surface area contributed by atoms with E-state index < -0.39 is 5.97 Å². The van der Waals surface area contributed by atoms with Gasteiger partial charge in [0.1, 0.15) is 0 Å². The van der Waals surface area contributed by atoms with Crippen LogP contribution in [0, 0.1) is 3.57 Å². The number of hydrogen-bond donors (Lipinski definition) is 2. The van der Waals surface area contributed by atoms with Crippen molar-refractivity contribution < 1.29 is 9.90 Å². The van der Waals surface area contributed by atoms with Crippen molar-refractivity contribution in [1.82, 2.24) is 4.98 Å². The fraction of sp³-hybridized carbons (Fsp3) is 0.0909. The van der Waals surface area contributed by atoms with Gasteiger partial charge in [0.15, 0.2) is 4.47 Å². The maximum Gasteiger partial charge on any atom is 0.335 e. The van der Waals surface area contributed by atoms with Gasteiger partial charge in [0.05, 0.1) is 12.1 Å². The molecule has 0 aliphatic rings. The molecule has 0 saturated carbocycles.